The van der Waals surface area contributed by atoms with Gasteiger partial charge >= 0.3 is 10.1 Å². The van der Waals surface area contributed by atoms with E-state index in [1.807, 2.05) is 0 Å². The van der Waals surface area contributed by atoms with Crippen LogP contribution in [-0.4, -0.2) is 24.3 Å². The lowest BCUT2D eigenvalue weighted by atomic mass is 10.1. The van der Waals surface area contributed by atoms with Gasteiger partial charge in [-0.05, 0) is 0 Å². The summed E-state index contributed by atoms with van der Waals surface area (Å²) in [5.41, 5.74) is -3.01. The maximum absolute atomic E-state index is 12.8. The number of carbonyl (C=O) groups excluding carboxylic acids is 1. The van der Waals surface area contributed by atoms with Gasteiger partial charge in [-0.2, -0.15) is 8.42 Å². The van der Waals surface area contributed by atoms with Crippen molar-refractivity contribution in [3.8, 4) is 0 Å². The Morgan fingerprint density at radius 3 is 2.21 bits per heavy atom. The second-order valence-electron chi connectivity index (χ2n) is 2.56. The van der Waals surface area contributed by atoms with Gasteiger partial charge in [0, 0.05) is 5.56 Å². The van der Waals surface area contributed by atoms with Crippen LogP contribution in [0.5, 0.6) is 0 Å². The van der Waals surface area contributed by atoms with Crippen LogP contribution in [0.15, 0.2) is 30.3 Å². The molecule has 1 aromatic carbocycles. The Bertz CT molecular complexity index is 426. The number of rotatable bonds is 3. The topological polar surface area (TPSA) is 71.4 Å². The van der Waals surface area contributed by atoms with Crippen molar-refractivity contribution in [1.82, 2.24) is 0 Å². The Labute approximate surface area is 80.1 Å². The quantitative estimate of drug-likeness (QED) is 0.608. The van der Waals surface area contributed by atoms with E-state index in [-0.39, 0.29) is 5.56 Å². The van der Waals surface area contributed by atoms with E-state index in [1.54, 1.807) is 6.07 Å². The highest BCUT2D eigenvalue weighted by Gasteiger charge is 2.31. The molecule has 0 aliphatic carbocycles. The van der Waals surface area contributed by atoms with Crippen molar-refractivity contribution in [3.63, 3.8) is 0 Å². The molecule has 0 amide bonds. The third kappa shape index (κ3) is 2.36. The number of benzene rings is 1. The van der Waals surface area contributed by atoms with Crippen LogP contribution in [-0.2, 0) is 10.1 Å². The highest BCUT2D eigenvalue weighted by atomic mass is 32.2. The first-order chi connectivity index (χ1) is 6.43. The van der Waals surface area contributed by atoms with Crippen molar-refractivity contribution in [2.45, 2.75) is 5.50 Å². The van der Waals surface area contributed by atoms with E-state index in [9.17, 15) is 17.6 Å². The Morgan fingerprint density at radius 1 is 1.29 bits per heavy atom. The molecule has 0 heterocycles. The van der Waals surface area contributed by atoms with Crippen LogP contribution >= 0.6 is 0 Å². The summed E-state index contributed by atoms with van der Waals surface area (Å²) in [5, 5.41) is 0. The molecule has 0 aliphatic heterocycles. The third-order valence-electron chi connectivity index (χ3n) is 1.53. The van der Waals surface area contributed by atoms with Crippen LogP contribution in [0.3, 0.4) is 0 Å². The standard InChI is InChI=1S/C8H7FO4S/c9-8(14(11,12)13)7(10)6-4-2-1-3-5-6/h1-5,8H,(H,11,12,13)/t8-/m0/s1. The average molecular weight is 218 g/mol. The molecule has 14 heavy (non-hydrogen) atoms. The minimum absolute atomic E-state index is 0.0994. The average Bonchev–Trinajstić information content (AvgIpc) is 2.15. The van der Waals surface area contributed by atoms with Gasteiger partial charge in [0.2, 0.25) is 5.78 Å². The fraction of sp³-hybridized carbons (Fsp3) is 0.125. The maximum atomic E-state index is 12.8. The second kappa shape index (κ2) is 3.85. The number of Topliss-reactive ketones (excluding diaryl/α,β-unsaturated/α-hetero) is 1. The molecule has 0 spiro atoms. The Hall–Kier alpha value is -1.27. The van der Waals surface area contributed by atoms with Gasteiger partial charge < -0.3 is 0 Å². The Morgan fingerprint density at radius 2 is 1.79 bits per heavy atom. The highest BCUT2D eigenvalue weighted by molar-refractivity contribution is 7.87. The van der Waals surface area contributed by atoms with E-state index >= 15 is 0 Å². The van der Waals surface area contributed by atoms with Crippen molar-refractivity contribution in [3.05, 3.63) is 35.9 Å². The summed E-state index contributed by atoms with van der Waals surface area (Å²) >= 11 is 0. The SMILES string of the molecule is O=C(c1ccccc1)[C@@H](F)S(=O)(=O)O. The molecule has 0 radical (unpaired) electrons. The Kier molecular flexibility index (Phi) is 2.97. The first-order valence-corrected chi connectivity index (χ1v) is 5.13. The lowest BCUT2D eigenvalue weighted by Gasteiger charge is -2.02. The van der Waals surface area contributed by atoms with Crippen LogP contribution in [0.4, 0.5) is 4.39 Å². The van der Waals surface area contributed by atoms with Gasteiger partial charge in [0.15, 0.2) is 0 Å². The normalized spacial score (nSPS) is 13.6. The molecule has 0 aliphatic rings. The van der Waals surface area contributed by atoms with Crippen molar-refractivity contribution >= 4 is 15.9 Å². The monoisotopic (exact) mass is 218 g/mol. The molecule has 0 saturated carbocycles. The first-order valence-electron chi connectivity index (χ1n) is 3.62. The predicted molar refractivity (Wildman–Crippen MR) is 47.2 cm³/mol. The zero-order valence-electron chi connectivity index (χ0n) is 6.92. The highest BCUT2D eigenvalue weighted by Crippen LogP contribution is 2.10. The number of ketones is 1. The van der Waals surface area contributed by atoms with Gasteiger partial charge in [-0.3, -0.25) is 9.35 Å². The zero-order chi connectivity index (χ0) is 10.8. The van der Waals surface area contributed by atoms with Crippen LogP contribution in [0, 0.1) is 0 Å². The molecule has 1 atom stereocenters. The lowest BCUT2D eigenvalue weighted by Crippen LogP contribution is -2.25. The number of carbonyl (C=O) groups is 1. The van der Waals surface area contributed by atoms with Gasteiger partial charge in [0.05, 0.1) is 0 Å². The largest absolute Gasteiger partial charge is 0.305 e. The van der Waals surface area contributed by atoms with Crippen molar-refractivity contribution in [1.29, 1.82) is 0 Å². The summed E-state index contributed by atoms with van der Waals surface area (Å²) in [6.07, 6.45) is 0. The van der Waals surface area contributed by atoms with E-state index in [4.69, 9.17) is 4.55 Å². The van der Waals surface area contributed by atoms with Crippen LogP contribution in [0.2, 0.25) is 0 Å². The molecule has 0 fully saturated rings. The molecular weight excluding hydrogens is 211 g/mol. The first kappa shape index (κ1) is 10.8. The molecule has 0 bridgehead atoms. The fourth-order valence-corrected chi connectivity index (χ4v) is 1.28. The van der Waals surface area contributed by atoms with E-state index in [0.29, 0.717) is 0 Å². The van der Waals surface area contributed by atoms with Gasteiger partial charge in [-0.1, -0.05) is 30.3 Å². The lowest BCUT2D eigenvalue weighted by molar-refractivity contribution is 0.0928. The molecular formula is C8H7FO4S. The summed E-state index contributed by atoms with van der Waals surface area (Å²) in [6.45, 7) is 0. The molecule has 1 N–H and O–H groups in total. The zero-order valence-corrected chi connectivity index (χ0v) is 7.74. The van der Waals surface area contributed by atoms with Crippen LogP contribution < -0.4 is 0 Å². The van der Waals surface area contributed by atoms with Crippen LogP contribution in [0.25, 0.3) is 0 Å². The van der Waals surface area contributed by atoms with Gasteiger partial charge in [0.25, 0.3) is 5.50 Å². The Balaban J connectivity index is 2.99. The molecule has 0 aromatic heterocycles. The van der Waals surface area contributed by atoms with Crippen molar-refractivity contribution < 1.29 is 22.2 Å². The molecule has 0 saturated heterocycles. The number of halogens is 1. The fourth-order valence-electron chi connectivity index (χ4n) is 0.869. The van der Waals surface area contributed by atoms with E-state index < -0.39 is 21.4 Å². The van der Waals surface area contributed by atoms with Gasteiger partial charge in [0.1, 0.15) is 0 Å². The summed E-state index contributed by atoms with van der Waals surface area (Å²) in [5.74, 6) is -1.27. The molecule has 1 aromatic rings. The van der Waals surface area contributed by atoms with Crippen molar-refractivity contribution in [2.75, 3.05) is 0 Å². The van der Waals surface area contributed by atoms with Gasteiger partial charge in [-0.25, -0.2) is 4.39 Å². The summed E-state index contributed by atoms with van der Waals surface area (Å²) in [6, 6.07) is 7.05. The number of hydrogen-bond donors (Lipinski definition) is 1. The van der Waals surface area contributed by atoms with E-state index in [2.05, 4.69) is 0 Å². The number of hydrogen-bond acceptors (Lipinski definition) is 3. The second-order valence-corrected chi connectivity index (χ2v) is 4.01. The molecule has 4 nitrogen and oxygen atoms in total. The smallest absolute Gasteiger partial charge is 0.290 e. The summed E-state index contributed by atoms with van der Waals surface area (Å²) < 4.78 is 41.7. The van der Waals surface area contributed by atoms with E-state index in [0.717, 1.165) is 0 Å². The summed E-state index contributed by atoms with van der Waals surface area (Å²) in [4.78, 5) is 11.1. The number of alkyl halides is 1. The van der Waals surface area contributed by atoms with Crippen LogP contribution in [0.1, 0.15) is 10.4 Å². The summed E-state index contributed by atoms with van der Waals surface area (Å²) in [7, 11) is -4.97. The third-order valence-corrected chi connectivity index (χ3v) is 2.26. The minimum Gasteiger partial charge on any atom is -0.290 e. The maximum Gasteiger partial charge on any atom is 0.305 e. The molecule has 1 rings (SSSR count). The minimum atomic E-state index is -4.97. The molecule has 76 valence electrons. The van der Waals surface area contributed by atoms with E-state index in [1.165, 1.54) is 24.3 Å². The van der Waals surface area contributed by atoms with Crippen molar-refractivity contribution in [2.24, 2.45) is 0 Å². The van der Waals surface area contributed by atoms with Gasteiger partial charge in [-0.15, -0.1) is 0 Å². The predicted octanol–water partition coefficient (Wildman–Crippen LogP) is 1.05. The molecule has 6 heteroatoms. The molecule has 0 unspecified atom stereocenters.